The van der Waals surface area contributed by atoms with Crippen LogP contribution in [0.3, 0.4) is 0 Å². The lowest BCUT2D eigenvalue weighted by molar-refractivity contribution is 0.455. The van der Waals surface area contributed by atoms with E-state index in [1.807, 2.05) is 6.92 Å². The zero-order chi connectivity index (χ0) is 16.1. The van der Waals surface area contributed by atoms with Gasteiger partial charge in [0.1, 0.15) is 0 Å². The number of nitrogens with zero attached hydrogens (tertiary/aromatic N) is 1. The molecular weight excluding hydrogens is 290 g/mol. The summed E-state index contributed by atoms with van der Waals surface area (Å²) >= 11 is 6.22. The third-order valence-electron chi connectivity index (χ3n) is 4.45. The van der Waals surface area contributed by atoms with Crippen molar-refractivity contribution in [3.63, 3.8) is 0 Å². The van der Waals surface area contributed by atoms with E-state index in [0.717, 1.165) is 6.54 Å². The van der Waals surface area contributed by atoms with E-state index in [0.29, 0.717) is 0 Å². The van der Waals surface area contributed by atoms with Crippen molar-refractivity contribution in [1.29, 1.82) is 0 Å². The fraction of sp³-hybridized carbons (Fsp3) is 0.800. The van der Waals surface area contributed by atoms with Crippen LogP contribution in [-0.2, 0) is 0 Å². The van der Waals surface area contributed by atoms with Crippen molar-refractivity contribution in [3.05, 3.63) is 24.6 Å². The van der Waals surface area contributed by atoms with Gasteiger partial charge in [-0.25, -0.2) is 0 Å². The number of halogens is 1. The lowest BCUT2D eigenvalue weighted by Crippen LogP contribution is -2.20. The molecule has 0 aromatic rings. The van der Waals surface area contributed by atoms with E-state index in [-0.39, 0.29) is 4.87 Å². The van der Waals surface area contributed by atoms with Crippen molar-refractivity contribution < 1.29 is 0 Å². The molecular formula is C20H36ClN. The molecule has 0 aliphatic carbocycles. The zero-order valence-electron chi connectivity index (χ0n) is 14.8. The Morgan fingerprint density at radius 2 is 1.14 bits per heavy atom. The molecule has 0 saturated carbocycles. The highest BCUT2D eigenvalue weighted by molar-refractivity contribution is 6.26. The van der Waals surface area contributed by atoms with Crippen molar-refractivity contribution in [2.75, 3.05) is 6.54 Å². The van der Waals surface area contributed by atoms with Crippen molar-refractivity contribution in [2.24, 2.45) is 0 Å². The maximum Gasteiger partial charge on any atom is 0.0811 e. The van der Waals surface area contributed by atoms with E-state index in [1.165, 1.54) is 77.0 Å². The van der Waals surface area contributed by atoms with Crippen molar-refractivity contribution in [1.82, 2.24) is 4.90 Å². The molecule has 1 aliphatic heterocycles. The lowest BCUT2D eigenvalue weighted by atomic mass is 10.1. The Kier molecular flexibility index (Phi) is 10.7. The molecule has 0 bridgehead atoms. The molecule has 1 aliphatic rings. The molecule has 0 atom stereocenters. The molecule has 0 spiro atoms. The molecule has 0 fully saturated rings. The van der Waals surface area contributed by atoms with Gasteiger partial charge in [0.25, 0.3) is 0 Å². The summed E-state index contributed by atoms with van der Waals surface area (Å²) in [6.45, 7) is 5.42. The lowest BCUT2D eigenvalue weighted by Gasteiger charge is -2.24. The highest BCUT2D eigenvalue weighted by atomic mass is 35.5. The standard InChI is InChI=1S/C20H36ClN/c1-3-4-5-6-7-8-9-10-11-12-13-14-17-22-18-15-20(2,21)16-19-22/h15-16,18-19H,3-14,17H2,1-2H3. The molecule has 22 heavy (non-hydrogen) atoms. The van der Waals surface area contributed by atoms with E-state index >= 15 is 0 Å². The van der Waals surface area contributed by atoms with Crippen LogP contribution in [0.4, 0.5) is 0 Å². The Morgan fingerprint density at radius 3 is 1.59 bits per heavy atom. The third kappa shape index (κ3) is 10.3. The molecule has 0 unspecified atom stereocenters. The number of rotatable bonds is 13. The Morgan fingerprint density at radius 1 is 0.727 bits per heavy atom. The van der Waals surface area contributed by atoms with Crippen LogP contribution in [0.2, 0.25) is 0 Å². The molecule has 2 heteroatoms. The monoisotopic (exact) mass is 325 g/mol. The van der Waals surface area contributed by atoms with Crippen molar-refractivity contribution >= 4 is 11.6 Å². The predicted molar refractivity (Wildman–Crippen MR) is 100 cm³/mol. The first kappa shape index (κ1) is 19.6. The number of allylic oxidation sites excluding steroid dienone is 2. The van der Waals surface area contributed by atoms with Crippen LogP contribution in [0.1, 0.15) is 90.9 Å². The minimum atomic E-state index is -0.285. The highest BCUT2D eigenvalue weighted by Gasteiger charge is 2.15. The second-order valence-electron chi connectivity index (χ2n) is 6.91. The molecule has 1 nitrogen and oxygen atoms in total. The van der Waals surface area contributed by atoms with E-state index < -0.39 is 0 Å². The van der Waals surface area contributed by atoms with Gasteiger partial charge in [-0.05, 0) is 25.5 Å². The Bertz CT molecular complexity index is 304. The van der Waals surface area contributed by atoms with Crippen molar-refractivity contribution in [3.8, 4) is 0 Å². The fourth-order valence-electron chi connectivity index (χ4n) is 2.87. The normalized spacial score (nSPS) is 16.4. The van der Waals surface area contributed by atoms with E-state index in [4.69, 9.17) is 11.6 Å². The largest absolute Gasteiger partial charge is 0.355 e. The molecule has 0 radical (unpaired) electrons. The summed E-state index contributed by atoms with van der Waals surface area (Å²) in [5.41, 5.74) is 0. The minimum absolute atomic E-state index is 0.285. The van der Waals surface area contributed by atoms with Gasteiger partial charge in [0.2, 0.25) is 0 Å². The van der Waals surface area contributed by atoms with Gasteiger partial charge in [-0.2, -0.15) is 0 Å². The zero-order valence-corrected chi connectivity index (χ0v) is 15.6. The van der Waals surface area contributed by atoms with Gasteiger partial charge >= 0.3 is 0 Å². The first-order valence-electron chi connectivity index (χ1n) is 9.47. The second kappa shape index (κ2) is 12.0. The maximum atomic E-state index is 6.22. The molecule has 128 valence electrons. The van der Waals surface area contributed by atoms with Crippen LogP contribution >= 0.6 is 11.6 Å². The Labute approximate surface area is 143 Å². The van der Waals surface area contributed by atoms with Crippen LogP contribution in [0.5, 0.6) is 0 Å². The summed E-state index contributed by atoms with van der Waals surface area (Å²) in [5.74, 6) is 0. The van der Waals surface area contributed by atoms with Crippen molar-refractivity contribution in [2.45, 2.75) is 95.8 Å². The smallest absolute Gasteiger partial charge is 0.0811 e. The molecule has 0 amide bonds. The molecule has 0 N–H and O–H groups in total. The first-order chi connectivity index (χ1) is 10.6. The topological polar surface area (TPSA) is 3.24 Å². The summed E-state index contributed by atoms with van der Waals surface area (Å²) in [4.78, 5) is 1.97. The van der Waals surface area contributed by atoms with E-state index in [9.17, 15) is 0 Å². The summed E-state index contributed by atoms with van der Waals surface area (Å²) in [7, 11) is 0. The Balaban J connectivity index is 1.82. The summed E-state index contributed by atoms with van der Waals surface area (Å²) in [5, 5.41) is 0. The van der Waals surface area contributed by atoms with Gasteiger partial charge in [-0.3, -0.25) is 0 Å². The van der Waals surface area contributed by atoms with Crippen LogP contribution in [0.25, 0.3) is 0 Å². The molecule has 0 aromatic heterocycles. The Hall–Kier alpha value is -0.430. The number of alkyl halides is 1. The summed E-state index contributed by atoms with van der Waals surface area (Å²) in [6.07, 6.45) is 25.3. The summed E-state index contributed by atoms with van der Waals surface area (Å²) in [6, 6.07) is 0. The highest BCUT2D eigenvalue weighted by Crippen LogP contribution is 2.22. The molecule has 0 saturated heterocycles. The quantitative estimate of drug-likeness (QED) is 0.259. The first-order valence-corrected chi connectivity index (χ1v) is 9.85. The average Bonchev–Trinajstić information content (AvgIpc) is 2.50. The van der Waals surface area contributed by atoms with Crippen LogP contribution in [0.15, 0.2) is 24.6 Å². The SMILES string of the molecule is CCCCCCCCCCCCCCN1C=CC(C)(Cl)C=C1. The van der Waals surface area contributed by atoms with Crippen LogP contribution < -0.4 is 0 Å². The molecule has 0 aromatic carbocycles. The number of hydrogen-bond donors (Lipinski definition) is 0. The molecule has 1 rings (SSSR count). The van der Waals surface area contributed by atoms with Gasteiger partial charge in [-0.15, -0.1) is 11.6 Å². The van der Waals surface area contributed by atoms with Crippen LogP contribution in [-0.4, -0.2) is 16.3 Å². The third-order valence-corrected chi connectivity index (χ3v) is 4.71. The van der Waals surface area contributed by atoms with Crippen LogP contribution in [0, 0.1) is 0 Å². The van der Waals surface area contributed by atoms with E-state index in [1.54, 1.807) is 0 Å². The minimum Gasteiger partial charge on any atom is -0.355 e. The van der Waals surface area contributed by atoms with Gasteiger partial charge < -0.3 is 4.90 Å². The second-order valence-corrected chi connectivity index (χ2v) is 7.72. The van der Waals surface area contributed by atoms with Gasteiger partial charge in [-0.1, -0.05) is 77.6 Å². The van der Waals surface area contributed by atoms with Gasteiger partial charge in [0, 0.05) is 18.9 Å². The number of hydrogen-bond acceptors (Lipinski definition) is 1. The fourth-order valence-corrected chi connectivity index (χ4v) is 2.99. The average molecular weight is 326 g/mol. The maximum absolute atomic E-state index is 6.22. The number of unbranched alkanes of at least 4 members (excludes halogenated alkanes) is 11. The summed E-state index contributed by atoms with van der Waals surface area (Å²) < 4.78 is 0. The molecule has 1 heterocycles. The van der Waals surface area contributed by atoms with E-state index in [2.05, 4.69) is 36.4 Å². The predicted octanol–water partition coefficient (Wildman–Crippen LogP) is 7.03. The van der Waals surface area contributed by atoms with Gasteiger partial charge in [0.05, 0.1) is 4.87 Å². The van der Waals surface area contributed by atoms with Gasteiger partial charge in [0.15, 0.2) is 0 Å².